The summed E-state index contributed by atoms with van der Waals surface area (Å²) in [6.45, 7) is 5.78. The van der Waals surface area contributed by atoms with Crippen molar-refractivity contribution in [2.45, 2.75) is 32.8 Å². The molecule has 1 aromatic rings. The van der Waals surface area contributed by atoms with Crippen LogP contribution < -0.4 is 10.7 Å². The van der Waals surface area contributed by atoms with E-state index >= 15 is 0 Å². The summed E-state index contributed by atoms with van der Waals surface area (Å²) >= 11 is 0. The highest BCUT2D eigenvalue weighted by Gasteiger charge is 2.15. The van der Waals surface area contributed by atoms with E-state index in [9.17, 15) is 9.59 Å². The standard InChI is InChI=1S/C14H18N2O3/c1-14(2,3)19-13(18)16-8-5-4-6-11-10-15-9-7-12(11)17/h7,9-10H,5,8H2,1-3H3,(H,15,17)(H,16,18). The second-order valence-electron chi connectivity index (χ2n) is 4.90. The molecule has 1 heterocycles. The van der Waals surface area contributed by atoms with Crippen LogP contribution in [0.4, 0.5) is 4.79 Å². The van der Waals surface area contributed by atoms with Gasteiger partial charge in [-0.25, -0.2) is 4.79 Å². The maximum absolute atomic E-state index is 11.3. The molecule has 102 valence electrons. The fraction of sp³-hybridized carbons (Fsp3) is 0.429. The average Bonchev–Trinajstić information content (AvgIpc) is 2.28. The van der Waals surface area contributed by atoms with Gasteiger partial charge in [0.15, 0.2) is 5.43 Å². The van der Waals surface area contributed by atoms with Crippen LogP contribution in [0, 0.1) is 11.8 Å². The van der Waals surface area contributed by atoms with Crippen molar-refractivity contribution in [2.24, 2.45) is 0 Å². The van der Waals surface area contributed by atoms with Gasteiger partial charge >= 0.3 is 6.09 Å². The number of hydrogen-bond donors (Lipinski definition) is 2. The molecule has 0 bridgehead atoms. The minimum absolute atomic E-state index is 0.119. The molecule has 0 atom stereocenters. The van der Waals surface area contributed by atoms with Crippen molar-refractivity contribution in [1.82, 2.24) is 10.3 Å². The van der Waals surface area contributed by atoms with Gasteiger partial charge in [0.1, 0.15) is 5.60 Å². The number of carbonyl (C=O) groups excluding carboxylic acids is 1. The Balaban J connectivity index is 2.35. The highest BCUT2D eigenvalue weighted by Crippen LogP contribution is 2.06. The van der Waals surface area contributed by atoms with Crippen molar-refractivity contribution in [3.05, 3.63) is 34.2 Å². The van der Waals surface area contributed by atoms with Crippen molar-refractivity contribution in [3.8, 4) is 11.8 Å². The number of nitrogens with one attached hydrogen (secondary N) is 2. The summed E-state index contributed by atoms with van der Waals surface area (Å²) in [5.74, 6) is 5.57. The van der Waals surface area contributed by atoms with Gasteiger partial charge in [0.2, 0.25) is 0 Å². The Hall–Kier alpha value is -2.22. The first kappa shape index (κ1) is 14.8. The van der Waals surface area contributed by atoms with Crippen molar-refractivity contribution < 1.29 is 9.53 Å². The van der Waals surface area contributed by atoms with E-state index in [-0.39, 0.29) is 5.43 Å². The maximum Gasteiger partial charge on any atom is 0.407 e. The molecule has 1 rings (SSSR count). The van der Waals surface area contributed by atoms with Crippen LogP contribution in [0.15, 0.2) is 23.3 Å². The van der Waals surface area contributed by atoms with Gasteiger partial charge in [-0.1, -0.05) is 11.8 Å². The maximum atomic E-state index is 11.3. The molecule has 0 saturated carbocycles. The molecule has 0 aliphatic heterocycles. The molecular weight excluding hydrogens is 244 g/mol. The quantitative estimate of drug-likeness (QED) is 0.628. The predicted octanol–water partition coefficient (Wildman–Crippen LogP) is 1.64. The van der Waals surface area contributed by atoms with Gasteiger partial charge in [-0.05, 0) is 20.8 Å². The third-order valence-corrected chi connectivity index (χ3v) is 1.97. The van der Waals surface area contributed by atoms with Gasteiger partial charge in [0, 0.05) is 31.4 Å². The molecule has 0 unspecified atom stereocenters. The average molecular weight is 262 g/mol. The number of alkyl carbamates (subject to hydrolysis) is 1. The van der Waals surface area contributed by atoms with Gasteiger partial charge in [-0.3, -0.25) is 4.79 Å². The summed E-state index contributed by atoms with van der Waals surface area (Å²) < 4.78 is 5.07. The fourth-order valence-corrected chi connectivity index (χ4v) is 1.21. The van der Waals surface area contributed by atoms with E-state index in [0.29, 0.717) is 18.5 Å². The van der Waals surface area contributed by atoms with Crippen LogP contribution in [0.1, 0.15) is 32.8 Å². The number of amides is 1. The Labute approximate surface area is 112 Å². The minimum atomic E-state index is -0.507. The third kappa shape index (κ3) is 6.32. The lowest BCUT2D eigenvalue weighted by Crippen LogP contribution is -2.32. The summed E-state index contributed by atoms with van der Waals surface area (Å²) in [6.07, 6.45) is 3.09. The Morgan fingerprint density at radius 1 is 1.47 bits per heavy atom. The highest BCUT2D eigenvalue weighted by molar-refractivity contribution is 5.67. The lowest BCUT2D eigenvalue weighted by Gasteiger charge is -2.19. The number of aromatic amines is 1. The zero-order chi connectivity index (χ0) is 14.3. The van der Waals surface area contributed by atoms with Crippen molar-refractivity contribution in [2.75, 3.05) is 6.54 Å². The zero-order valence-electron chi connectivity index (χ0n) is 11.4. The smallest absolute Gasteiger partial charge is 0.407 e. The Bertz CT molecular complexity index is 544. The summed E-state index contributed by atoms with van der Waals surface area (Å²) in [6, 6.07) is 1.42. The molecule has 1 amide bonds. The molecular formula is C14H18N2O3. The van der Waals surface area contributed by atoms with Crippen LogP contribution in [0.2, 0.25) is 0 Å². The van der Waals surface area contributed by atoms with Crippen molar-refractivity contribution >= 4 is 6.09 Å². The number of H-pyrrole nitrogens is 1. The number of aromatic nitrogens is 1. The van der Waals surface area contributed by atoms with Crippen LogP contribution in [-0.2, 0) is 4.74 Å². The number of rotatable bonds is 2. The highest BCUT2D eigenvalue weighted by atomic mass is 16.6. The lowest BCUT2D eigenvalue weighted by molar-refractivity contribution is 0.0529. The third-order valence-electron chi connectivity index (χ3n) is 1.97. The topological polar surface area (TPSA) is 71.2 Å². The molecule has 1 aromatic heterocycles. The van der Waals surface area contributed by atoms with E-state index in [0.717, 1.165) is 0 Å². The monoisotopic (exact) mass is 262 g/mol. The van der Waals surface area contributed by atoms with E-state index in [1.165, 1.54) is 6.07 Å². The zero-order valence-corrected chi connectivity index (χ0v) is 11.4. The number of ether oxygens (including phenoxy) is 1. The second-order valence-corrected chi connectivity index (χ2v) is 4.90. The van der Waals surface area contributed by atoms with Crippen LogP contribution in [0.25, 0.3) is 0 Å². The van der Waals surface area contributed by atoms with Gasteiger partial charge in [0.05, 0.1) is 5.56 Å². The first-order valence-electron chi connectivity index (χ1n) is 6.01. The van der Waals surface area contributed by atoms with E-state index in [1.54, 1.807) is 33.2 Å². The van der Waals surface area contributed by atoms with Crippen LogP contribution in [0.3, 0.4) is 0 Å². The fourth-order valence-electron chi connectivity index (χ4n) is 1.21. The number of hydrogen-bond acceptors (Lipinski definition) is 3. The van der Waals surface area contributed by atoms with E-state index in [4.69, 9.17) is 4.74 Å². The van der Waals surface area contributed by atoms with Crippen LogP contribution in [0.5, 0.6) is 0 Å². The van der Waals surface area contributed by atoms with E-state index < -0.39 is 11.7 Å². The molecule has 0 aromatic carbocycles. The minimum Gasteiger partial charge on any atom is -0.444 e. The van der Waals surface area contributed by atoms with Gasteiger partial charge in [0.25, 0.3) is 0 Å². The van der Waals surface area contributed by atoms with Gasteiger partial charge in [-0.2, -0.15) is 0 Å². The molecule has 19 heavy (non-hydrogen) atoms. The summed E-state index contributed by atoms with van der Waals surface area (Å²) in [5.41, 5.74) is -0.210. The molecule has 0 spiro atoms. The first-order valence-corrected chi connectivity index (χ1v) is 6.01. The second kappa shape index (κ2) is 6.64. The van der Waals surface area contributed by atoms with Gasteiger partial charge in [-0.15, -0.1) is 0 Å². The predicted molar refractivity (Wildman–Crippen MR) is 72.8 cm³/mol. The molecule has 2 N–H and O–H groups in total. The normalized spacial score (nSPS) is 10.3. The molecule has 0 fully saturated rings. The number of carbonyl (C=O) groups is 1. The first-order chi connectivity index (χ1) is 8.88. The van der Waals surface area contributed by atoms with Gasteiger partial charge < -0.3 is 15.0 Å². The lowest BCUT2D eigenvalue weighted by atomic mass is 10.2. The van der Waals surface area contributed by atoms with Crippen LogP contribution >= 0.6 is 0 Å². The van der Waals surface area contributed by atoms with E-state index in [2.05, 4.69) is 22.1 Å². The molecule has 0 radical (unpaired) electrons. The Morgan fingerprint density at radius 2 is 2.21 bits per heavy atom. The SMILES string of the molecule is CC(C)(C)OC(=O)NCCC#Cc1c[nH]ccc1=O. The molecule has 5 nitrogen and oxygen atoms in total. The number of pyridine rings is 1. The molecule has 5 heteroatoms. The molecule has 0 aliphatic rings. The largest absolute Gasteiger partial charge is 0.444 e. The van der Waals surface area contributed by atoms with Crippen molar-refractivity contribution in [3.63, 3.8) is 0 Å². The Morgan fingerprint density at radius 3 is 2.84 bits per heavy atom. The van der Waals surface area contributed by atoms with Crippen LogP contribution in [-0.4, -0.2) is 23.2 Å². The molecule has 0 aliphatic carbocycles. The summed E-state index contributed by atoms with van der Waals surface area (Å²) in [7, 11) is 0. The summed E-state index contributed by atoms with van der Waals surface area (Å²) in [4.78, 5) is 25.4. The molecule has 0 saturated heterocycles. The summed E-state index contributed by atoms with van der Waals surface area (Å²) in [5, 5.41) is 2.59. The Kier molecular flexibility index (Phi) is 5.19. The van der Waals surface area contributed by atoms with E-state index in [1.807, 2.05) is 0 Å². The van der Waals surface area contributed by atoms with Crippen molar-refractivity contribution in [1.29, 1.82) is 0 Å².